The third kappa shape index (κ3) is 6.40. The Bertz CT molecular complexity index is 338. The molecule has 4 nitrogen and oxygen atoms in total. The van der Waals surface area contributed by atoms with Crippen LogP contribution < -0.4 is 5.32 Å². The second kappa shape index (κ2) is 7.95. The number of ether oxygens (including phenoxy) is 1. The first-order valence-electron chi connectivity index (χ1n) is 8.18. The predicted molar refractivity (Wildman–Crippen MR) is 79.9 cm³/mol. The van der Waals surface area contributed by atoms with Crippen molar-refractivity contribution in [2.45, 2.75) is 38.6 Å². The van der Waals surface area contributed by atoms with Crippen LogP contribution in [0.15, 0.2) is 0 Å². The molecule has 0 aromatic heterocycles. The zero-order valence-electron chi connectivity index (χ0n) is 13.5. The lowest BCUT2D eigenvalue weighted by atomic mass is 10.1. The highest BCUT2D eigenvalue weighted by Gasteiger charge is 2.34. The van der Waals surface area contributed by atoms with Crippen LogP contribution in [-0.4, -0.2) is 80.5 Å². The molecular formula is C15H28F3N3O. The summed E-state index contributed by atoms with van der Waals surface area (Å²) in [5.74, 6) is 0.637. The summed E-state index contributed by atoms with van der Waals surface area (Å²) in [5.41, 5.74) is 0. The molecule has 0 aromatic rings. The molecule has 2 unspecified atom stereocenters. The summed E-state index contributed by atoms with van der Waals surface area (Å²) in [6.45, 7) is 9.01. The lowest BCUT2D eigenvalue weighted by molar-refractivity contribution is -0.143. The van der Waals surface area contributed by atoms with Gasteiger partial charge in [0.15, 0.2) is 0 Å². The van der Waals surface area contributed by atoms with E-state index in [0.29, 0.717) is 19.0 Å². The largest absolute Gasteiger partial charge is 0.401 e. The van der Waals surface area contributed by atoms with Crippen LogP contribution in [-0.2, 0) is 4.74 Å². The van der Waals surface area contributed by atoms with E-state index in [4.69, 9.17) is 4.74 Å². The van der Waals surface area contributed by atoms with Crippen LogP contribution in [0.5, 0.6) is 0 Å². The molecule has 0 aliphatic carbocycles. The molecule has 0 radical (unpaired) electrons. The lowest BCUT2D eigenvalue weighted by Gasteiger charge is -2.34. The van der Waals surface area contributed by atoms with Gasteiger partial charge in [0.25, 0.3) is 0 Å². The van der Waals surface area contributed by atoms with E-state index in [1.165, 1.54) is 4.90 Å². The highest BCUT2D eigenvalue weighted by Crippen LogP contribution is 2.20. The topological polar surface area (TPSA) is 27.7 Å². The van der Waals surface area contributed by atoms with Crippen molar-refractivity contribution in [3.05, 3.63) is 0 Å². The van der Waals surface area contributed by atoms with E-state index in [9.17, 15) is 13.2 Å². The second-order valence-corrected chi connectivity index (χ2v) is 6.89. The molecule has 2 atom stereocenters. The number of hydrogen-bond acceptors (Lipinski definition) is 4. The maximum atomic E-state index is 12.4. The van der Waals surface area contributed by atoms with E-state index in [1.54, 1.807) is 0 Å². The molecule has 2 rings (SSSR count). The molecule has 2 saturated heterocycles. The van der Waals surface area contributed by atoms with E-state index >= 15 is 0 Å². The molecule has 7 heteroatoms. The number of halogens is 3. The Hall–Kier alpha value is -0.370. The normalized spacial score (nSPS) is 28.6. The van der Waals surface area contributed by atoms with Crippen molar-refractivity contribution in [3.8, 4) is 0 Å². The van der Waals surface area contributed by atoms with Gasteiger partial charge < -0.3 is 10.1 Å². The van der Waals surface area contributed by atoms with E-state index < -0.39 is 12.7 Å². The average molecular weight is 323 g/mol. The van der Waals surface area contributed by atoms with Gasteiger partial charge in [-0.2, -0.15) is 13.2 Å². The summed E-state index contributed by atoms with van der Waals surface area (Å²) in [6, 6.07) is 0.145. The van der Waals surface area contributed by atoms with Crippen molar-refractivity contribution < 1.29 is 17.9 Å². The monoisotopic (exact) mass is 323 g/mol. The Morgan fingerprint density at radius 3 is 2.64 bits per heavy atom. The van der Waals surface area contributed by atoms with Gasteiger partial charge in [-0.15, -0.1) is 0 Å². The van der Waals surface area contributed by atoms with Crippen molar-refractivity contribution >= 4 is 0 Å². The minimum absolute atomic E-state index is 0.143. The maximum Gasteiger partial charge on any atom is 0.401 e. The van der Waals surface area contributed by atoms with Crippen LogP contribution in [0.1, 0.15) is 20.3 Å². The number of likely N-dealkylation sites (tertiary alicyclic amines) is 1. The third-order valence-corrected chi connectivity index (χ3v) is 4.16. The third-order valence-electron chi connectivity index (χ3n) is 4.16. The number of nitrogens with zero attached hydrogens (tertiary/aromatic N) is 2. The van der Waals surface area contributed by atoms with Crippen LogP contribution in [0, 0.1) is 5.92 Å². The Morgan fingerprint density at radius 1 is 1.18 bits per heavy atom. The number of alkyl halides is 3. The highest BCUT2D eigenvalue weighted by atomic mass is 19.4. The first-order valence-corrected chi connectivity index (χ1v) is 8.18. The summed E-state index contributed by atoms with van der Waals surface area (Å²) < 4.78 is 42.9. The smallest absolute Gasteiger partial charge is 0.374 e. The lowest BCUT2D eigenvalue weighted by Crippen LogP contribution is -2.49. The molecule has 2 fully saturated rings. The van der Waals surface area contributed by atoms with Gasteiger partial charge in [-0.25, -0.2) is 0 Å². The van der Waals surface area contributed by atoms with Crippen molar-refractivity contribution in [3.63, 3.8) is 0 Å². The molecule has 2 aliphatic rings. The number of hydrogen-bond donors (Lipinski definition) is 1. The van der Waals surface area contributed by atoms with E-state index in [1.807, 2.05) is 0 Å². The van der Waals surface area contributed by atoms with Crippen molar-refractivity contribution in [2.24, 2.45) is 5.92 Å². The van der Waals surface area contributed by atoms with Crippen molar-refractivity contribution in [2.75, 3.05) is 52.4 Å². The van der Waals surface area contributed by atoms with Crippen molar-refractivity contribution in [1.82, 2.24) is 15.1 Å². The molecule has 0 bridgehead atoms. The summed E-state index contributed by atoms with van der Waals surface area (Å²) in [4.78, 5) is 3.88. The zero-order valence-corrected chi connectivity index (χ0v) is 13.5. The van der Waals surface area contributed by atoms with Crippen LogP contribution in [0.25, 0.3) is 0 Å². The van der Waals surface area contributed by atoms with Gasteiger partial charge in [0.05, 0.1) is 19.3 Å². The number of rotatable bonds is 6. The van der Waals surface area contributed by atoms with Gasteiger partial charge in [0.2, 0.25) is 0 Å². The Balaban J connectivity index is 1.66. The van der Waals surface area contributed by atoms with Gasteiger partial charge in [0, 0.05) is 45.3 Å². The number of morpholine rings is 1. The Kier molecular flexibility index (Phi) is 6.49. The molecule has 0 aromatic carbocycles. The standard InChI is InChI=1S/C15H28F3N3O/c1-12(2)8-20-5-6-22-14(10-20)7-19-13-3-4-21(9-13)11-15(16,17)18/h12-14,19H,3-11H2,1-2H3. The first kappa shape index (κ1) is 18.0. The van der Waals surface area contributed by atoms with E-state index in [2.05, 4.69) is 24.1 Å². The highest BCUT2D eigenvalue weighted by molar-refractivity contribution is 4.84. The van der Waals surface area contributed by atoms with E-state index in [-0.39, 0.29) is 12.1 Å². The molecule has 1 N–H and O–H groups in total. The molecule has 0 amide bonds. The summed E-state index contributed by atoms with van der Waals surface area (Å²) in [6.07, 6.45) is -3.18. The van der Waals surface area contributed by atoms with Crippen molar-refractivity contribution in [1.29, 1.82) is 0 Å². The van der Waals surface area contributed by atoms with Gasteiger partial charge in [-0.05, 0) is 12.3 Å². The van der Waals surface area contributed by atoms with Crippen LogP contribution >= 0.6 is 0 Å². The fourth-order valence-corrected chi connectivity index (χ4v) is 3.28. The minimum atomic E-state index is -4.10. The fraction of sp³-hybridized carbons (Fsp3) is 1.00. The fourth-order valence-electron chi connectivity index (χ4n) is 3.28. The maximum absolute atomic E-state index is 12.4. The molecule has 0 saturated carbocycles. The summed E-state index contributed by atoms with van der Waals surface area (Å²) in [5, 5.41) is 3.38. The molecular weight excluding hydrogens is 295 g/mol. The van der Waals surface area contributed by atoms with Crippen LogP contribution in [0.4, 0.5) is 13.2 Å². The number of nitrogens with one attached hydrogen (secondary N) is 1. The summed E-state index contributed by atoms with van der Waals surface area (Å²) >= 11 is 0. The zero-order chi connectivity index (χ0) is 16.2. The Labute approximate surface area is 131 Å². The molecule has 0 spiro atoms. The molecule has 2 heterocycles. The quantitative estimate of drug-likeness (QED) is 0.803. The van der Waals surface area contributed by atoms with Gasteiger partial charge in [-0.1, -0.05) is 13.8 Å². The van der Waals surface area contributed by atoms with Crippen LogP contribution in [0.2, 0.25) is 0 Å². The van der Waals surface area contributed by atoms with Gasteiger partial charge >= 0.3 is 6.18 Å². The predicted octanol–water partition coefficient (Wildman–Crippen LogP) is 1.57. The minimum Gasteiger partial charge on any atom is -0.374 e. The van der Waals surface area contributed by atoms with Crippen LogP contribution in [0.3, 0.4) is 0 Å². The molecule has 130 valence electrons. The first-order chi connectivity index (χ1) is 10.3. The van der Waals surface area contributed by atoms with Gasteiger partial charge in [0.1, 0.15) is 0 Å². The SMILES string of the molecule is CC(C)CN1CCOC(CNC2CCN(CC(F)(F)F)C2)C1. The van der Waals surface area contributed by atoms with Gasteiger partial charge in [-0.3, -0.25) is 9.80 Å². The average Bonchev–Trinajstić information content (AvgIpc) is 2.81. The Morgan fingerprint density at radius 2 is 1.95 bits per heavy atom. The second-order valence-electron chi connectivity index (χ2n) is 6.89. The summed E-state index contributed by atoms with van der Waals surface area (Å²) in [7, 11) is 0. The molecule has 22 heavy (non-hydrogen) atoms. The van der Waals surface area contributed by atoms with E-state index in [0.717, 1.165) is 39.2 Å². The molecule has 2 aliphatic heterocycles.